The van der Waals surface area contributed by atoms with Crippen LogP contribution in [0.5, 0.6) is 5.75 Å². The summed E-state index contributed by atoms with van der Waals surface area (Å²) >= 11 is 4.92. The van der Waals surface area contributed by atoms with Crippen molar-refractivity contribution >= 4 is 33.9 Å². The minimum Gasteiger partial charge on any atom is -0.492 e. The van der Waals surface area contributed by atoms with E-state index in [-0.39, 0.29) is 23.3 Å². The third-order valence-corrected chi connectivity index (χ3v) is 4.32. The van der Waals surface area contributed by atoms with E-state index < -0.39 is 0 Å². The number of carbonyl (C=O) groups is 1. The summed E-state index contributed by atoms with van der Waals surface area (Å²) in [5.41, 5.74) is 3.00. The normalized spacial score (nSPS) is 10.4. The van der Waals surface area contributed by atoms with Crippen molar-refractivity contribution in [1.82, 2.24) is 10.8 Å². The molecule has 0 aromatic heterocycles. The van der Waals surface area contributed by atoms with Gasteiger partial charge in [-0.15, -0.1) is 0 Å². The Labute approximate surface area is 160 Å². The number of ether oxygens (including phenoxy) is 1. The molecule has 0 spiro atoms. The van der Waals surface area contributed by atoms with E-state index >= 15 is 0 Å². The molecule has 0 heterocycles. The van der Waals surface area contributed by atoms with E-state index in [2.05, 4.69) is 5.32 Å². The molecule has 0 aliphatic carbocycles. The molecular weight excluding hydrogens is 367 g/mol. The summed E-state index contributed by atoms with van der Waals surface area (Å²) in [5, 5.41) is 12.5. The first-order chi connectivity index (χ1) is 13.1. The number of hydrogen-bond acceptors (Lipinski definition) is 4. The standard InChI is InChI=1S/C20H17FN2O3S/c21-18-10-9-17(15-3-1-2-4-16(15)18)19(24)22-11-12-26-14-7-5-13(6-8-14)20(27)23-25/h1-10,25H,11-12H2,(H,22,24)(H,23,27). The molecule has 0 fully saturated rings. The number of hydrogen-bond donors (Lipinski definition) is 3. The Morgan fingerprint density at radius 2 is 1.74 bits per heavy atom. The van der Waals surface area contributed by atoms with Crippen LogP contribution in [0.15, 0.2) is 60.7 Å². The van der Waals surface area contributed by atoms with Gasteiger partial charge in [-0.3, -0.25) is 15.5 Å². The van der Waals surface area contributed by atoms with Crippen LogP contribution in [-0.4, -0.2) is 29.3 Å². The van der Waals surface area contributed by atoms with E-state index in [9.17, 15) is 9.18 Å². The maximum Gasteiger partial charge on any atom is 0.252 e. The average molecular weight is 384 g/mol. The van der Waals surface area contributed by atoms with E-state index in [1.165, 1.54) is 12.1 Å². The Balaban J connectivity index is 1.56. The average Bonchev–Trinajstić information content (AvgIpc) is 2.71. The Kier molecular flexibility index (Phi) is 5.95. The summed E-state index contributed by atoms with van der Waals surface area (Å²) in [4.78, 5) is 12.6. The zero-order valence-corrected chi connectivity index (χ0v) is 15.1. The number of fused-ring (bicyclic) bond motifs is 1. The van der Waals surface area contributed by atoms with Crippen LogP contribution in [0.25, 0.3) is 10.8 Å². The van der Waals surface area contributed by atoms with Crippen LogP contribution in [0, 0.1) is 5.82 Å². The summed E-state index contributed by atoms with van der Waals surface area (Å²) < 4.78 is 19.4. The van der Waals surface area contributed by atoms with E-state index in [1.54, 1.807) is 48.5 Å². The first-order valence-corrected chi connectivity index (χ1v) is 8.63. The van der Waals surface area contributed by atoms with Crippen LogP contribution >= 0.6 is 12.2 Å². The maximum atomic E-state index is 13.8. The van der Waals surface area contributed by atoms with Crippen LogP contribution < -0.4 is 15.5 Å². The van der Waals surface area contributed by atoms with Crippen molar-refractivity contribution in [3.63, 3.8) is 0 Å². The molecule has 3 aromatic carbocycles. The molecule has 138 valence electrons. The third kappa shape index (κ3) is 4.39. The smallest absolute Gasteiger partial charge is 0.252 e. The lowest BCUT2D eigenvalue weighted by atomic mass is 10.0. The molecule has 0 aliphatic heterocycles. The second kappa shape index (κ2) is 8.57. The fraction of sp³-hybridized carbons (Fsp3) is 0.100. The maximum absolute atomic E-state index is 13.8. The van der Waals surface area contributed by atoms with Gasteiger partial charge in [-0.05, 0) is 41.8 Å². The second-order valence-corrected chi connectivity index (χ2v) is 6.12. The van der Waals surface area contributed by atoms with Gasteiger partial charge < -0.3 is 10.1 Å². The van der Waals surface area contributed by atoms with Gasteiger partial charge in [0.25, 0.3) is 5.91 Å². The Hall–Kier alpha value is -3.03. The van der Waals surface area contributed by atoms with Gasteiger partial charge >= 0.3 is 0 Å². The summed E-state index contributed by atoms with van der Waals surface area (Å²) in [6, 6.07) is 16.5. The molecule has 0 atom stereocenters. The molecule has 27 heavy (non-hydrogen) atoms. The largest absolute Gasteiger partial charge is 0.492 e. The minimum atomic E-state index is -0.357. The number of hydroxylamine groups is 1. The van der Waals surface area contributed by atoms with Crippen molar-refractivity contribution in [2.24, 2.45) is 0 Å². The molecule has 3 N–H and O–H groups in total. The summed E-state index contributed by atoms with van der Waals surface area (Å²) in [6.07, 6.45) is 0. The minimum absolute atomic E-state index is 0.223. The van der Waals surface area contributed by atoms with Crippen molar-refractivity contribution < 1.29 is 19.1 Å². The third-order valence-electron chi connectivity index (χ3n) is 3.99. The lowest BCUT2D eigenvalue weighted by molar-refractivity contribution is 0.0948. The number of carbonyl (C=O) groups excluding carboxylic acids is 1. The van der Waals surface area contributed by atoms with Gasteiger partial charge in [-0.25, -0.2) is 4.39 Å². The van der Waals surface area contributed by atoms with Gasteiger partial charge in [0.2, 0.25) is 0 Å². The van der Waals surface area contributed by atoms with Crippen molar-refractivity contribution in [3.8, 4) is 5.75 Å². The Morgan fingerprint density at radius 1 is 1.04 bits per heavy atom. The summed E-state index contributed by atoms with van der Waals surface area (Å²) in [5.74, 6) is -0.0321. The topological polar surface area (TPSA) is 70.6 Å². The molecule has 0 bridgehead atoms. The number of rotatable bonds is 6. The number of nitrogens with one attached hydrogen (secondary N) is 2. The van der Waals surface area contributed by atoms with Gasteiger partial charge in [0, 0.05) is 16.5 Å². The van der Waals surface area contributed by atoms with Crippen LogP contribution in [0.3, 0.4) is 0 Å². The van der Waals surface area contributed by atoms with Gasteiger partial charge in [-0.2, -0.15) is 0 Å². The Morgan fingerprint density at radius 3 is 2.44 bits per heavy atom. The SMILES string of the molecule is O=C(NCCOc1ccc(C(=S)NO)cc1)c1ccc(F)c2ccccc12. The highest BCUT2D eigenvalue weighted by Crippen LogP contribution is 2.21. The molecule has 1 amide bonds. The number of amides is 1. The summed E-state index contributed by atoms with van der Waals surface area (Å²) in [7, 11) is 0. The van der Waals surface area contributed by atoms with E-state index in [1.807, 2.05) is 5.48 Å². The molecule has 0 unspecified atom stereocenters. The van der Waals surface area contributed by atoms with E-state index in [0.717, 1.165) is 0 Å². The molecular formula is C20H17FN2O3S. The highest BCUT2D eigenvalue weighted by molar-refractivity contribution is 7.80. The molecule has 7 heteroatoms. The zero-order chi connectivity index (χ0) is 19.2. The molecule has 0 aliphatic rings. The predicted octanol–water partition coefficient (Wildman–Crippen LogP) is 3.44. The first-order valence-electron chi connectivity index (χ1n) is 8.23. The van der Waals surface area contributed by atoms with Crippen LogP contribution in [-0.2, 0) is 0 Å². The number of thiocarbonyl (C=S) groups is 1. The van der Waals surface area contributed by atoms with Crippen molar-refractivity contribution in [2.45, 2.75) is 0 Å². The van der Waals surface area contributed by atoms with Crippen LogP contribution in [0.2, 0.25) is 0 Å². The summed E-state index contributed by atoms with van der Waals surface area (Å²) in [6.45, 7) is 0.565. The molecule has 3 aromatic rings. The number of halogens is 1. The molecule has 0 saturated carbocycles. The highest BCUT2D eigenvalue weighted by atomic mass is 32.1. The first kappa shape index (κ1) is 18.8. The molecule has 5 nitrogen and oxygen atoms in total. The lowest BCUT2D eigenvalue weighted by Crippen LogP contribution is -2.28. The molecule has 3 rings (SSSR count). The van der Waals surface area contributed by atoms with Crippen LogP contribution in [0.1, 0.15) is 15.9 Å². The van der Waals surface area contributed by atoms with E-state index in [4.69, 9.17) is 22.2 Å². The van der Waals surface area contributed by atoms with Crippen molar-refractivity contribution in [1.29, 1.82) is 0 Å². The van der Waals surface area contributed by atoms with Gasteiger partial charge in [0.1, 0.15) is 23.2 Å². The fourth-order valence-electron chi connectivity index (χ4n) is 2.66. The predicted molar refractivity (Wildman–Crippen MR) is 105 cm³/mol. The zero-order valence-electron chi connectivity index (χ0n) is 14.2. The highest BCUT2D eigenvalue weighted by Gasteiger charge is 2.11. The van der Waals surface area contributed by atoms with Gasteiger partial charge in [-0.1, -0.05) is 36.5 Å². The van der Waals surface area contributed by atoms with Crippen LogP contribution in [0.4, 0.5) is 4.39 Å². The molecule has 0 saturated heterocycles. The monoisotopic (exact) mass is 384 g/mol. The van der Waals surface area contributed by atoms with Gasteiger partial charge in [0.05, 0.1) is 6.54 Å². The van der Waals surface area contributed by atoms with Gasteiger partial charge in [0.15, 0.2) is 0 Å². The lowest BCUT2D eigenvalue weighted by Gasteiger charge is -2.10. The molecule has 0 radical (unpaired) electrons. The Bertz CT molecular complexity index is 977. The van der Waals surface area contributed by atoms with Crippen molar-refractivity contribution in [2.75, 3.05) is 13.2 Å². The van der Waals surface area contributed by atoms with Crippen molar-refractivity contribution in [3.05, 3.63) is 77.6 Å². The van der Waals surface area contributed by atoms with E-state index in [0.29, 0.717) is 34.2 Å². The fourth-order valence-corrected chi connectivity index (χ4v) is 2.79. The number of benzene rings is 3. The quantitative estimate of drug-likeness (QED) is 0.345. The second-order valence-electron chi connectivity index (χ2n) is 5.71.